The maximum Gasteiger partial charge on any atom is 0.250 e. The van der Waals surface area contributed by atoms with Crippen LogP contribution in [0.25, 0.3) is 0 Å². The van der Waals surface area contributed by atoms with Gasteiger partial charge in [0.2, 0.25) is 5.91 Å². The Morgan fingerprint density at radius 1 is 1.14 bits per heavy atom. The highest BCUT2D eigenvalue weighted by atomic mass is 35.5. The molecule has 0 spiro atoms. The lowest BCUT2D eigenvalue weighted by Crippen LogP contribution is -2.19. The molecule has 5 heteroatoms. The van der Waals surface area contributed by atoms with Crippen molar-refractivity contribution in [3.05, 3.63) is 70.7 Å². The fourth-order valence-electron chi connectivity index (χ4n) is 1.62. The van der Waals surface area contributed by atoms with E-state index in [1.54, 1.807) is 6.21 Å². The largest absolute Gasteiger partial charge is 0.272 e. The van der Waals surface area contributed by atoms with Gasteiger partial charge in [-0.15, -0.1) is 11.8 Å². The number of nitrogens with zero attached hydrogens (tertiary/aromatic N) is 1. The number of rotatable bonds is 6. The van der Waals surface area contributed by atoms with Crippen LogP contribution in [-0.2, 0) is 10.5 Å². The molecule has 0 aliphatic carbocycles. The number of nitrogens with one attached hydrogen (secondary N) is 1. The number of hydrogen-bond donors (Lipinski definition) is 1. The van der Waals surface area contributed by atoms with Crippen molar-refractivity contribution < 1.29 is 4.79 Å². The van der Waals surface area contributed by atoms with Crippen LogP contribution in [0.5, 0.6) is 0 Å². The highest BCUT2D eigenvalue weighted by Gasteiger charge is 2.02. The lowest BCUT2D eigenvalue weighted by molar-refractivity contribution is -0.118. The predicted octanol–water partition coefficient (Wildman–Crippen LogP) is 3.72. The quantitative estimate of drug-likeness (QED) is 0.651. The molecule has 0 atom stereocenters. The number of carbonyl (C=O) groups excluding carboxylic acids is 1. The zero-order chi connectivity index (χ0) is 14.9. The Kier molecular flexibility index (Phi) is 6.31. The molecule has 1 N–H and O–H groups in total. The second-order valence-corrected chi connectivity index (χ2v) is 5.68. The molecule has 0 aliphatic heterocycles. The van der Waals surface area contributed by atoms with Gasteiger partial charge in [-0.25, -0.2) is 5.43 Å². The molecule has 108 valence electrons. The number of hydrazone groups is 1. The lowest BCUT2D eigenvalue weighted by atomic mass is 10.2. The standard InChI is InChI=1S/C16H15ClN2OS/c17-15-9-5-4-8-14(15)11-21-12-16(20)19-18-10-13-6-2-1-3-7-13/h1-10H,11-12H2,(H,19,20). The van der Waals surface area contributed by atoms with E-state index in [9.17, 15) is 4.79 Å². The van der Waals surface area contributed by atoms with Crippen LogP contribution in [0.2, 0.25) is 5.02 Å². The third-order valence-electron chi connectivity index (χ3n) is 2.65. The van der Waals surface area contributed by atoms with Crippen LogP contribution in [0.4, 0.5) is 0 Å². The summed E-state index contributed by atoms with van der Waals surface area (Å²) in [7, 11) is 0. The van der Waals surface area contributed by atoms with Crippen molar-refractivity contribution in [2.75, 3.05) is 5.75 Å². The van der Waals surface area contributed by atoms with Crippen molar-refractivity contribution >= 4 is 35.5 Å². The van der Waals surface area contributed by atoms with Crippen LogP contribution in [0, 0.1) is 0 Å². The molecule has 0 aromatic heterocycles. The number of amides is 1. The lowest BCUT2D eigenvalue weighted by Gasteiger charge is -2.03. The number of carbonyl (C=O) groups is 1. The molecule has 0 saturated carbocycles. The minimum Gasteiger partial charge on any atom is -0.272 e. The van der Waals surface area contributed by atoms with E-state index in [0.717, 1.165) is 16.1 Å². The summed E-state index contributed by atoms with van der Waals surface area (Å²) in [6.07, 6.45) is 1.62. The van der Waals surface area contributed by atoms with Crippen LogP contribution < -0.4 is 5.43 Å². The van der Waals surface area contributed by atoms with E-state index in [-0.39, 0.29) is 5.91 Å². The van der Waals surface area contributed by atoms with Gasteiger partial charge >= 0.3 is 0 Å². The summed E-state index contributed by atoms with van der Waals surface area (Å²) in [4.78, 5) is 11.6. The summed E-state index contributed by atoms with van der Waals surface area (Å²) < 4.78 is 0. The molecular weight excluding hydrogens is 304 g/mol. The smallest absolute Gasteiger partial charge is 0.250 e. The predicted molar refractivity (Wildman–Crippen MR) is 89.8 cm³/mol. The van der Waals surface area contributed by atoms with Gasteiger partial charge in [0, 0.05) is 10.8 Å². The highest BCUT2D eigenvalue weighted by molar-refractivity contribution is 7.99. The minimum absolute atomic E-state index is 0.126. The first kappa shape index (κ1) is 15.6. The molecule has 0 bridgehead atoms. The average molecular weight is 319 g/mol. The molecule has 0 radical (unpaired) electrons. The summed E-state index contributed by atoms with van der Waals surface area (Å²) in [5.41, 5.74) is 4.49. The number of benzene rings is 2. The van der Waals surface area contributed by atoms with Crippen LogP contribution in [-0.4, -0.2) is 17.9 Å². The summed E-state index contributed by atoms with van der Waals surface area (Å²) in [6, 6.07) is 17.2. The second kappa shape index (κ2) is 8.49. The Morgan fingerprint density at radius 2 is 1.86 bits per heavy atom. The van der Waals surface area contributed by atoms with E-state index in [4.69, 9.17) is 11.6 Å². The van der Waals surface area contributed by atoms with E-state index in [1.807, 2.05) is 54.6 Å². The second-order valence-electron chi connectivity index (χ2n) is 4.29. The number of halogens is 1. The van der Waals surface area contributed by atoms with Gasteiger partial charge < -0.3 is 0 Å². The zero-order valence-electron chi connectivity index (χ0n) is 11.3. The zero-order valence-corrected chi connectivity index (χ0v) is 12.9. The third-order valence-corrected chi connectivity index (χ3v) is 4.00. The van der Waals surface area contributed by atoms with Gasteiger partial charge in [-0.2, -0.15) is 5.10 Å². The topological polar surface area (TPSA) is 41.5 Å². The number of thioether (sulfide) groups is 1. The monoisotopic (exact) mass is 318 g/mol. The maximum absolute atomic E-state index is 11.6. The van der Waals surface area contributed by atoms with Gasteiger partial charge in [-0.1, -0.05) is 60.1 Å². The number of hydrogen-bond acceptors (Lipinski definition) is 3. The van der Waals surface area contributed by atoms with Crippen molar-refractivity contribution in [3.63, 3.8) is 0 Å². The first-order valence-corrected chi connectivity index (χ1v) is 7.97. The van der Waals surface area contributed by atoms with E-state index in [0.29, 0.717) is 11.5 Å². The van der Waals surface area contributed by atoms with Crippen LogP contribution in [0.1, 0.15) is 11.1 Å². The van der Waals surface area contributed by atoms with Crippen molar-refractivity contribution in [2.45, 2.75) is 5.75 Å². The summed E-state index contributed by atoms with van der Waals surface area (Å²) in [5.74, 6) is 0.923. The third kappa shape index (κ3) is 5.61. The molecule has 2 aromatic carbocycles. The van der Waals surface area contributed by atoms with E-state index >= 15 is 0 Å². The van der Waals surface area contributed by atoms with Crippen molar-refractivity contribution in [3.8, 4) is 0 Å². The Bertz CT molecular complexity index is 617. The van der Waals surface area contributed by atoms with E-state index < -0.39 is 0 Å². The maximum atomic E-state index is 11.6. The van der Waals surface area contributed by atoms with Gasteiger partial charge in [-0.3, -0.25) is 4.79 Å². The summed E-state index contributed by atoms with van der Waals surface area (Å²) >= 11 is 7.56. The molecule has 0 saturated heterocycles. The fourth-order valence-corrected chi connectivity index (χ4v) is 2.72. The SMILES string of the molecule is O=C(CSCc1ccccc1Cl)NN=Cc1ccccc1. The summed E-state index contributed by atoms with van der Waals surface area (Å²) in [5, 5.41) is 4.65. The van der Waals surface area contributed by atoms with Gasteiger partial charge in [0.05, 0.1) is 12.0 Å². The average Bonchev–Trinajstić information content (AvgIpc) is 2.50. The Morgan fingerprint density at radius 3 is 2.62 bits per heavy atom. The first-order valence-electron chi connectivity index (χ1n) is 6.44. The molecule has 0 fully saturated rings. The molecular formula is C16H15ClN2OS. The molecule has 0 aliphatic rings. The molecule has 2 aromatic rings. The van der Waals surface area contributed by atoms with Gasteiger partial charge in [0.15, 0.2) is 0 Å². The molecule has 0 unspecified atom stereocenters. The van der Waals surface area contributed by atoms with Crippen LogP contribution in [0.15, 0.2) is 59.7 Å². The molecule has 1 amide bonds. The highest BCUT2D eigenvalue weighted by Crippen LogP contribution is 2.20. The molecule has 2 rings (SSSR count). The van der Waals surface area contributed by atoms with E-state index in [1.165, 1.54) is 11.8 Å². The molecule has 21 heavy (non-hydrogen) atoms. The minimum atomic E-state index is -0.126. The van der Waals surface area contributed by atoms with Crippen LogP contribution >= 0.6 is 23.4 Å². The van der Waals surface area contributed by atoms with Gasteiger partial charge in [0.25, 0.3) is 0 Å². The Balaban J connectivity index is 1.71. The Labute approximate surface area is 133 Å². The van der Waals surface area contributed by atoms with Crippen LogP contribution in [0.3, 0.4) is 0 Å². The fraction of sp³-hybridized carbons (Fsp3) is 0.125. The Hall–Kier alpha value is -1.78. The van der Waals surface area contributed by atoms with Crippen molar-refractivity contribution in [2.24, 2.45) is 5.10 Å². The van der Waals surface area contributed by atoms with Crippen molar-refractivity contribution in [1.82, 2.24) is 5.43 Å². The van der Waals surface area contributed by atoms with Gasteiger partial charge in [-0.05, 0) is 17.2 Å². The summed E-state index contributed by atoms with van der Waals surface area (Å²) in [6.45, 7) is 0. The normalized spacial score (nSPS) is 10.7. The first-order chi connectivity index (χ1) is 10.3. The molecule has 0 heterocycles. The van der Waals surface area contributed by atoms with Gasteiger partial charge in [0.1, 0.15) is 0 Å². The van der Waals surface area contributed by atoms with E-state index in [2.05, 4.69) is 10.5 Å². The van der Waals surface area contributed by atoms with Crippen molar-refractivity contribution in [1.29, 1.82) is 0 Å². The molecule has 3 nitrogen and oxygen atoms in total.